The van der Waals surface area contributed by atoms with Gasteiger partial charge in [0, 0.05) is 11.1 Å². The average Bonchev–Trinajstić information content (AvgIpc) is 3.02. The summed E-state index contributed by atoms with van der Waals surface area (Å²) in [4.78, 5) is 53.4. The molecule has 11 heteroatoms. The van der Waals surface area contributed by atoms with E-state index >= 15 is 0 Å². The highest BCUT2D eigenvalue weighted by atomic mass is 35.5. The fraction of sp³-hybridized carbons (Fsp3) is 0.0500. The number of carboxylic acid groups (broad SMARTS) is 1. The van der Waals surface area contributed by atoms with E-state index < -0.39 is 23.8 Å². The highest BCUT2D eigenvalue weighted by Gasteiger charge is 2.36. The molecule has 0 aromatic heterocycles. The smallest absolute Gasteiger partial charge is 0.335 e. The maximum atomic E-state index is 12.9. The van der Waals surface area contributed by atoms with E-state index in [9.17, 15) is 19.2 Å². The second-order valence-corrected chi connectivity index (χ2v) is 7.80. The Balaban J connectivity index is 2.05. The quantitative estimate of drug-likeness (QED) is 0.521. The van der Waals surface area contributed by atoms with Crippen molar-refractivity contribution in [1.82, 2.24) is 0 Å². The summed E-state index contributed by atoms with van der Waals surface area (Å²) in [6, 6.07) is 9.62. The number of thioether (sulfide) groups is 1. The molecule has 158 valence electrons. The minimum Gasteiger partial charge on any atom is -0.478 e. The molecule has 0 atom stereocenters. The number of ether oxygens (including phenoxy) is 1. The first kappa shape index (κ1) is 22.5. The lowest BCUT2D eigenvalue weighted by Crippen LogP contribution is -2.29. The summed E-state index contributed by atoms with van der Waals surface area (Å²) in [5.41, 5.74) is 0.332. The third-order valence-corrected chi connectivity index (χ3v) is 5.50. The van der Waals surface area contributed by atoms with Crippen molar-refractivity contribution in [1.29, 1.82) is 0 Å². The van der Waals surface area contributed by atoms with Crippen LogP contribution in [0.5, 0.6) is 0 Å². The molecule has 1 fully saturated rings. The van der Waals surface area contributed by atoms with Crippen LogP contribution in [0.4, 0.5) is 5.69 Å². The molecule has 1 aliphatic rings. The van der Waals surface area contributed by atoms with Gasteiger partial charge < -0.3 is 9.84 Å². The lowest BCUT2D eigenvalue weighted by Gasteiger charge is -2.15. The number of amidine groups is 1. The van der Waals surface area contributed by atoms with E-state index in [2.05, 4.69) is 9.73 Å². The molecule has 1 N–H and O–H groups in total. The number of amides is 2. The normalized spacial score (nSPS) is 16.1. The molecule has 3 rings (SSSR count). The van der Waals surface area contributed by atoms with Crippen molar-refractivity contribution in [3.8, 4) is 0 Å². The van der Waals surface area contributed by atoms with Gasteiger partial charge in [-0.05, 0) is 54.2 Å². The lowest BCUT2D eigenvalue weighted by atomic mass is 10.2. The second kappa shape index (κ2) is 9.34. The van der Waals surface area contributed by atoms with E-state index in [0.29, 0.717) is 5.02 Å². The number of aromatic carboxylic acids is 1. The van der Waals surface area contributed by atoms with Gasteiger partial charge in [0.15, 0.2) is 5.17 Å². The molecule has 1 heterocycles. The molecule has 1 saturated heterocycles. The SMILES string of the molecule is COC(=O)C=C1SC(=NC(=O)c2ccc(Cl)cc2Cl)N(c2ccc(C(=O)O)cc2)C1=O. The van der Waals surface area contributed by atoms with Crippen LogP contribution in [-0.4, -0.2) is 41.1 Å². The summed E-state index contributed by atoms with van der Waals surface area (Å²) in [5, 5.41) is 9.44. The molecule has 2 amide bonds. The lowest BCUT2D eigenvalue weighted by molar-refractivity contribution is -0.135. The van der Waals surface area contributed by atoms with Gasteiger partial charge >= 0.3 is 11.9 Å². The van der Waals surface area contributed by atoms with Crippen LogP contribution in [0.25, 0.3) is 0 Å². The van der Waals surface area contributed by atoms with Gasteiger partial charge in [-0.2, -0.15) is 4.99 Å². The van der Waals surface area contributed by atoms with Gasteiger partial charge in [-0.15, -0.1) is 0 Å². The van der Waals surface area contributed by atoms with Crippen LogP contribution in [0, 0.1) is 0 Å². The number of anilines is 1. The van der Waals surface area contributed by atoms with Crippen LogP contribution in [0.15, 0.2) is 58.4 Å². The summed E-state index contributed by atoms with van der Waals surface area (Å²) in [7, 11) is 1.16. The number of nitrogens with zero attached hydrogens (tertiary/aromatic N) is 2. The van der Waals surface area contributed by atoms with Crippen molar-refractivity contribution in [2.24, 2.45) is 4.99 Å². The number of benzene rings is 2. The third kappa shape index (κ3) is 4.96. The van der Waals surface area contributed by atoms with Gasteiger partial charge in [0.2, 0.25) is 0 Å². The first-order chi connectivity index (χ1) is 14.7. The van der Waals surface area contributed by atoms with Gasteiger partial charge in [-0.1, -0.05) is 23.2 Å². The number of aliphatic imine (C=N–C) groups is 1. The average molecular weight is 479 g/mol. The Labute approximate surface area is 190 Å². The number of carbonyl (C=O) groups excluding carboxylic acids is 3. The van der Waals surface area contributed by atoms with Gasteiger partial charge in [0.25, 0.3) is 11.8 Å². The standard InChI is InChI=1S/C20H12Cl2N2O6S/c1-30-16(25)9-15-18(27)24(12-5-2-10(3-6-12)19(28)29)20(31-15)23-17(26)13-7-4-11(21)8-14(13)22/h2-9H,1H3,(H,28,29). The molecule has 2 aromatic rings. The highest BCUT2D eigenvalue weighted by Crippen LogP contribution is 2.35. The van der Waals surface area contributed by atoms with Gasteiger partial charge in [-0.25, -0.2) is 9.59 Å². The third-order valence-electron chi connectivity index (χ3n) is 3.99. The summed E-state index contributed by atoms with van der Waals surface area (Å²) in [6.45, 7) is 0. The number of hydrogen-bond donors (Lipinski definition) is 1. The number of esters is 1. The van der Waals surface area contributed by atoms with Gasteiger partial charge in [-0.3, -0.25) is 14.5 Å². The maximum absolute atomic E-state index is 12.9. The zero-order valence-corrected chi connectivity index (χ0v) is 18.0. The number of hydrogen-bond acceptors (Lipinski definition) is 6. The number of carbonyl (C=O) groups is 4. The van der Waals surface area contributed by atoms with E-state index in [1.165, 1.54) is 42.5 Å². The van der Waals surface area contributed by atoms with E-state index in [1.54, 1.807) is 0 Å². The van der Waals surface area contributed by atoms with Crippen LogP contribution in [0.3, 0.4) is 0 Å². The predicted octanol–water partition coefficient (Wildman–Crippen LogP) is 4.02. The number of halogens is 2. The molecule has 2 aromatic carbocycles. The van der Waals surface area contributed by atoms with E-state index in [-0.39, 0.29) is 31.9 Å². The fourth-order valence-electron chi connectivity index (χ4n) is 2.51. The molecule has 31 heavy (non-hydrogen) atoms. The number of carboxylic acids is 1. The Morgan fingerprint density at radius 1 is 1.13 bits per heavy atom. The Kier molecular flexibility index (Phi) is 6.79. The second-order valence-electron chi connectivity index (χ2n) is 5.95. The van der Waals surface area contributed by atoms with Crippen molar-refractivity contribution < 1.29 is 29.0 Å². The van der Waals surface area contributed by atoms with Crippen molar-refractivity contribution in [2.75, 3.05) is 12.0 Å². The fourth-order valence-corrected chi connectivity index (χ4v) is 3.93. The largest absolute Gasteiger partial charge is 0.478 e. The summed E-state index contributed by atoms with van der Waals surface area (Å²) in [6.07, 6.45) is 0.980. The van der Waals surface area contributed by atoms with E-state index in [1.807, 2.05) is 0 Å². The van der Waals surface area contributed by atoms with Crippen LogP contribution in [0.1, 0.15) is 20.7 Å². The van der Waals surface area contributed by atoms with Crippen LogP contribution < -0.4 is 4.90 Å². The Morgan fingerprint density at radius 3 is 2.39 bits per heavy atom. The van der Waals surface area contributed by atoms with Gasteiger partial charge in [0.05, 0.1) is 33.9 Å². The van der Waals surface area contributed by atoms with Crippen LogP contribution >= 0.6 is 35.0 Å². The molecule has 0 radical (unpaired) electrons. The van der Waals surface area contributed by atoms with Crippen LogP contribution in [0.2, 0.25) is 10.0 Å². The molecule has 8 nitrogen and oxygen atoms in total. The summed E-state index contributed by atoms with van der Waals surface area (Å²) >= 11 is 12.7. The van der Waals surface area contributed by atoms with Gasteiger partial charge in [0.1, 0.15) is 0 Å². The molecular weight excluding hydrogens is 467 g/mol. The Bertz CT molecular complexity index is 1160. The first-order valence-electron chi connectivity index (χ1n) is 8.44. The minimum absolute atomic E-state index is 0.0101. The molecule has 0 bridgehead atoms. The summed E-state index contributed by atoms with van der Waals surface area (Å²) in [5.74, 6) is -3.26. The minimum atomic E-state index is -1.14. The van der Waals surface area contributed by atoms with Crippen LogP contribution in [-0.2, 0) is 14.3 Å². The number of rotatable bonds is 4. The Hall–Kier alpha value is -3.14. The number of methoxy groups -OCH3 is 1. The molecule has 0 spiro atoms. The highest BCUT2D eigenvalue weighted by molar-refractivity contribution is 8.19. The molecule has 0 aliphatic carbocycles. The first-order valence-corrected chi connectivity index (χ1v) is 10.0. The van der Waals surface area contributed by atoms with E-state index in [4.69, 9.17) is 28.3 Å². The topological polar surface area (TPSA) is 113 Å². The predicted molar refractivity (Wildman–Crippen MR) is 117 cm³/mol. The Morgan fingerprint density at radius 2 is 1.81 bits per heavy atom. The maximum Gasteiger partial charge on any atom is 0.335 e. The van der Waals surface area contributed by atoms with E-state index in [0.717, 1.165) is 29.8 Å². The van der Waals surface area contributed by atoms with Crippen molar-refractivity contribution >= 4 is 69.6 Å². The molecular formula is C20H12Cl2N2O6S. The molecule has 1 aliphatic heterocycles. The van der Waals surface area contributed by atoms with Crippen molar-refractivity contribution in [2.45, 2.75) is 0 Å². The zero-order valence-electron chi connectivity index (χ0n) is 15.7. The molecule has 0 unspecified atom stereocenters. The van der Waals surface area contributed by atoms with Crippen molar-refractivity contribution in [3.63, 3.8) is 0 Å². The monoisotopic (exact) mass is 478 g/mol. The summed E-state index contributed by atoms with van der Waals surface area (Å²) < 4.78 is 4.55. The molecule has 0 saturated carbocycles. The zero-order chi connectivity index (χ0) is 22.7. The van der Waals surface area contributed by atoms with Crippen molar-refractivity contribution in [3.05, 3.63) is 74.6 Å².